The Morgan fingerprint density at radius 2 is 1.94 bits per heavy atom. The van der Waals surface area contributed by atoms with Crippen molar-refractivity contribution >= 4 is 46.3 Å². The van der Waals surface area contributed by atoms with E-state index in [1.807, 2.05) is 22.9 Å². The fourth-order valence-corrected chi connectivity index (χ4v) is 5.67. The number of aromatic nitrogens is 2. The molecule has 3 aromatic rings. The third-order valence-corrected chi connectivity index (χ3v) is 7.64. The minimum atomic E-state index is -0.401. The number of carbonyl (C=O) groups is 2. The fourth-order valence-electron chi connectivity index (χ4n) is 4.35. The highest BCUT2D eigenvalue weighted by molar-refractivity contribution is 8.18. The zero-order valence-corrected chi connectivity index (χ0v) is 20.4. The van der Waals surface area contributed by atoms with E-state index in [9.17, 15) is 14.0 Å². The Bertz CT molecular complexity index is 1260. The number of thioether (sulfide) groups is 1. The van der Waals surface area contributed by atoms with Gasteiger partial charge in [0.15, 0.2) is 0 Å². The zero-order valence-electron chi connectivity index (χ0n) is 18.8. The molecule has 2 amide bonds. The number of hydrogen-bond donors (Lipinski definition) is 3. The molecule has 0 atom stereocenters. The minimum absolute atomic E-state index is 0.220. The second kappa shape index (κ2) is 10.7. The van der Waals surface area contributed by atoms with Crippen molar-refractivity contribution in [1.29, 1.82) is 0 Å². The van der Waals surface area contributed by atoms with Gasteiger partial charge in [0, 0.05) is 24.8 Å². The van der Waals surface area contributed by atoms with Crippen LogP contribution in [0.4, 0.5) is 15.1 Å². The van der Waals surface area contributed by atoms with Gasteiger partial charge in [0.2, 0.25) is 5.95 Å². The SMILES string of the molecule is O=C1NC(=O)C(=Cc2ccnc(N[C@H]3CC[C@H](NCc4ccc(F)cc4-c4ccsc4)CC3)n2)S1. The molecule has 0 radical (unpaired) electrons. The largest absolute Gasteiger partial charge is 0.351 e. The van der Waals surface area contributed by atoms with Crippen molar-refractivity contribution in [2.45, 2.75) is 44.3 Å². The van der Waals surface area contributed by atoms with Crippen LogP contribution in [-0.4, -0.2) is 33.2 Å². The third-order valence-electron chi connectivity index (χ3n) is 6.14. The van der Waals surface area contributed by atoms with Crippen molar-refractivity contribution in [3.8, 4) is 11.1 Å². The van der Waals surface area contributed by atoms with Crippen molar-refractivity contribution in [2.24, 2.45) is 0 Å². The van der Waals surface area contributed by atoms with E-state index in [0.717, 1.165) is 54.1 Å². The van der Waals surface area contributed by atoms with Gasteiger partial charge >= 0.3 is 0 Å². The highest BCUT2D eigenvalue weighted by atomic mass is 32.2. The average molecular weight is 510 g/mol. The summed E-state index contributed by atoms with van der Waals surface area (Å²) < 4.78 is 13.8. The Labute approximate surface area is 210 Å². The maximum atomic E-state index is 13.8. The molecule has 180 valence electrons. The zero-order chi connectivity index (χ0) is 24.2. The number of anilines is 1. The van der Waals surface area contributed by atoms with Crippen molar-refractivity contribution in [2.75, 3.05) is 5.32 Å². The number of hydrogen-bond acceptors (Lipinski definition) is 8. The maximum absolute atomic E-state index is 13.8. The van der Waals surface area contributed by atoms with Crippen molar-refractivity contribution in [1.82, 2.24) is 20.6 Å². The molecular weight excluding hydrogens is 485 g/mol. The van der Waals surface area contributed by atoms with Crippen LogP contribution in [0.15, 0.2) is 52.2 Å². The number of nitrogens with one attached hydrogen (secondary N) is 3. The van der Waals surface area contributed by atoms with Gasteiger partial charge in [0.25, 0.3) is 11.1 Å². The Hall–Kier alpha value is -3.08. The summed E-state index contributed by atoms with van der Waals surface area (Å²) in [5.74, 6) is -0.109. The Morgan fingerprint density at radius 3 is 2.69 bits per heavy atom. The van der Waals surface area contributed by atoms with E-state index < -0.39 is 5.91 Å². The molecule has 2 aromatic heterocycles. The molecular formula is C25H24FN5O2S2. The van der Waals surface area contributed by atoms with Gasteiger partial charge < -0.3 is 10.6 Å². The molecule has 1 aliphatic heterocycles. The van der Waals surface area contributed by atoms with Gasteiger partial charge in [-0.3, -0.25) is 14.9 Å². The molecule has 1 aromatic carbocycles. The van der Waals surface area contributed by atoms with Crippen molar-refractivity contribution in [3.05, 3.63) is 69.3 Å². The smallest absolute Gasteiger partial charge is 0.290 e. The highest BCUT2D eigenvalue weighted by Gasteiger charge is 2.25. The molecule has 1 saturated heterocycles. The van der Waals surface area contributed by atoms with Gasteiger partial charge in [0.1, 0.15) is 5.82 Å². The van der Waals surface area contributed by atoms with E-state index in [1.165, 1.54) is 6.07 Å². The monoisotopic (exact) mass is 509 g/mol. The van der Waals surface area contributed by atoms with Crippen LogP contribution in [0.2, 0.25) is 0 Å². The standard InChI is InChI=1S/C25H24FN5O2S2/c26-17-2-1-15(21(11-17)16-8-10-34-14-16)13-28-18-3-5-19(6-4-18)29-24-27-9-7-20(30-24)12-22-23(32)31-25(33)35-22/h1-2,7-12,14,18-19,28H,3-6,13H2,(H,27,29,30)(H,31,32,33)/t18-,19-. The second-order valence-corrected chi connectivity index (χ2v) is 10.3. The lowest BCUT2D eigenvalue weighted by Crippen LogP contribution is -2.37. The molecule has 0 bridgehead atoms. The summed E-state index contributed by atoms with van der Waals surface area (Å²) in [5, 5.41) is 13.0. The van der Waals surface area contributed by atoms with Crippen LogP contribution in [0.1, 0.15) is 36.9 Å². The highest BCUT2D eigenvalue weighted by Crippen LogP contribution is 2.28. The number of nitrogens with zero attached hydrogens (tertiary/aromatic N) is 2. The number of halogens is 1. The summed E-state index contributed by atoms with van der Waals surface area (Å²) >= 11 is 2.48. The molecule has 1 saturated carbocycles. The first-order chi connectivity index (χ1) is 17.0. The van der Waals surface area contributed by atoms with Gasteiger partial charge in [-0.15, -0.1) is 0 Å². The molecule has 2 fully saturated rings. The summed E-state index contributed by atoms with van der Waals surface area (Å²) in [4.78, 5) is 32.2. The van der Waals surface area contributed by atoms with Crippen LogP contribution >= 0.6 is 23.1 Å². The maximum Gasteiger partial charge on any atom is 0.290 e. The van der Waals surface area contributed by atoms with Crippen LogP contribution < -0.4 is 16.0 Å². The molecule has 5 rings (SSSR count). The van der Waals surface area contributed by atoms with Gasteiger partial charge in [-0.1, -0.05) is 6.07 Å². The topological polar surface area (TPSA) is 96.0 Å². The van der Waals surface area contributed by atoms with Crippen LogP contribution in [-0.2, 0) is 11.3 Å². The fraction of sp³-hybridized carbons (Fsp3) is 0.280. The number of imide groups is 1. The Morgan fingerprint density at radius 1 is 1.11 bits per heavy atom. The lowest BCUT2D eigenvalue weighted by molar-refractivity contribution is -0.115. The summed E-state index contributed by atoms with van der Waals surface area (Å²) in [6.07, 6.45) is 7.20. The second-order valence-electron chi connectivity index (χ2n) is 8.54. The number of rotatable bonds is 7. The van der Waals surface area contributed by atoms with E-state index in [1.54, 1.807) is 35.7 Å². The Balaban J connectivity index is 1.14. The normalized spacial score (nSPS) is 21.3. The molecule has 2 aliphatic rings. The summed E-state index contributed by atoms with van der Waals surface area (Å²) in [6.45, 7) is 0.697. The van der Waals surface area contributed by atoms with E-state index in [-0.39, 0.29) is 17.1 Å². The Kier molecular flexibility index (Phi) is 7.21. The number of amides is 2. The summed E-state index contributed by atoms with van der Waals surface area (Å²) in [7, 11) is 0. The van der Waals surface area contributed by atoms with Gasteiger partial charge in [0.05, 0.1) is 10.6 Å². The summed E-state index contributed by atoms with van der Waals surface area (Å²) in [5.41, 5.74) is 3.67. The lowest BCUT2D eigenvalue weighted by atomic mass is 9.91. The molecule has 0 spiro atoms. The van der Waals surface area contributed by atoms with Gasteiger partial charge in [-0.2, -0.15) is 11.3 Å². The molecule has 1 aliphatic carbocycles. The van der Waals surface area contributed by atoms with Crippen LogP contribution in [0.3, 0.4) is 0 Å². The first-order valence-electron chi connectivity index (χ1n) is 11.4. The van der Waals surface area contributed by atoms with Gasteiger partial charge in [-0.25, -0.2) is 14.4 Å². The lowest BCUT2D eigenvalue weighted by Gasteiger charge is -2.30. The van der Waals surface area contributed by atoms with Crippen molar-refractivity contribution < 1.29 is 14.0 Å². The van der Waals surface area contributed by atoms with E-state index in [0.29, 0.717) is 29.1 Å². The first-order valence-corrected chi connectivity index (χ1v) is 13.2. The number of thiophene rings is 1. The van der Waals surface area contributed by atoms with Crippen molar-refractivity contribution in [3.63, 3.8) is 0 Å². The van der Waals surface area contributed by atoms with E-state index in [2.05, 4.69) is 25.9 Å². The van der Waals surface area contributed by atoms with E-state index in [4.69, 9.17) is 0 Å². The molecule has 10 heteroatoms. The molecule has 35 heavy (non-hydrogen) atoms. The van der Waals surface area contributed by atoms with Crippen LogP contribution in [0.25, 0.3) is 17.2 Å². The first kappa shape index (κ1) is 23.7. The molecule has 7 nitrogen and oxygen atoms in total. The third kappa shape index (κ3) is 5.95. The number of benzene rings is 1. The summed E-state index contributed by atoms with van der Waals surface area (Å²) in [6, 6.07) is 9.37. The number of carbonyl (C=O) groups excluding carboxylic acids is 2. The molecule has 3 N–H and O–H groups in total. The predicted octanol–water partition coefficient (Wildman–Crippen LogP) is 5.18. The average Bonchev–Trinajstić information content (AvgIpc) is 3.49. The molecule has 0 unspecified atom stereocenters. The van der Waals surface area contributed by atoms with Crippen LogP contribution in [0.5, 0.6) is 0 Å². The van der Waals surface area contributed by atoms with Gasteiger partial charge in [-0.05, 0) is 95.2 Å². The minimum Gasteiger partial charge on any atom is -0.351 e. The van der Waals surface area contributed by atoms with Crippen LogP contribution in [0, 0.1) is 5.82 Å². The predicted molar refractivity (Wildman–Crippen MR) is 137 cm³/mol. The van der Waals surface area contributed by atoms with E-state index >= 15 is 0 Å². The quantitative estimate of drug-likeness (QED) is 0.378. The molecule has 3 heterocycles.